The Kier molecular flexibility index (Phi) is 8.01. The lowest BCUT2D eigenvalue weighted by Gasteiger charge is -2.21. The van der Waals surface area contributed by atoms with E-state index >= 15 is 0 Å². The van der Waals surface area contributed by atoms with Crippen molar-refractivity contribution in [2.45, 2.75) is 32.4 Å². The average molecular weight is 453 g/mol. The molecule has 0 aliphatic carbocycles. The van der Waals surface area contributed by atoms with Gasteiger partial charge in [-0.1, -0.05) is 58.4 Å². The molecule has 0 saturated carbocycles. The van der Waals surface area contributed by atoms with E-state index in [0.29, 0.717) is 0 Å². The topological polar surface area (TPSA) is 66.5 Å². The minimum atomic E-state index is -3.50. The van der Waals surface area contributed by atoms with Gasteiger partial charge in [-0.05, 0) is 43.0 Å². The lowest BCUT2D eigenvalue weighted by molar-refractivity contribution is -0.122. The normalized spacial score (nSPS) is 12.7. The second-order valence-corrected chi connectivity index (χ2v) is 9.55. The van der Waals surface area contributed by atoms with Crippen molar-refractivity contribution in [2.75, 3.05) is 12.8 Å². The van der Waals surface area contributed by atoms with Crippen molar-refractivity contribution in [1.29, 1.82) is 0 Å². The SMILES string of the molecule is C[C@H](CCc1ccccc1)NC(=O)CN(Cc1ccc(Br)cc1)S(C)(=O)=O. The van der Waals surface area contributed by atoms with Gasteiger partial charge in [-0.15, -0.1) is 0 Å². The minimum Gasteiger partial charge on any atom is -0.352 e. The second kappa shape index (κ2) is 10.0. The maximum Gasteiger partial charge on any atom is 0.235 e. The molecule has 2 rings (SSSR count). The number of nitrogens with one attached hydrogen (secondary N) is 1. The summed E-state index contributed by atoms with van der Waals surface area (Å²) in [6.45, 7) is 1.91. The zero-order valence-electron chi connectivity index (χ0n) is 15.6. The molecule has 0 radical (unpaired) electrons. The van der Waals surface area contributed by atoms with Crippen LogP contribution in [0.2, 0.25) is 0 Å². The third kappa shape index (κ3) is 7.82. The molecule has 0 aliphatic heterocycles. The third-order valence-corrected chi connectivity index (χ3v) is 5.90. The maximum absolute atomic E-state index is 12.3. The Hall–Kier alpha value is -1.70. The molecule has 0 saturated heterocycles. The predicted octanol–water partition coefficient (Wildman–Crippen LogP) is 3.35. The Morgan fingerprint density at radius 2 is 1.70 bits per heavy atom. The fourth-order valence-corrected chi connectivity index (χ4v) is 3.66. The highest BCUT2D eigenvalue weighted by molar-refractivity contribution is 9.10. The summed E-state index contributed by atoms with van der Waals surface area (Å²) >= 11 is 3.35. The van der Waals surface area contributed by atoms with Crippen LogP contribution in [0.4, 0.5) is 0 Å². The van der Waals surface area contributed by atoms with Gasteiger partial charge in [-0.3, -0.25) is 4.79 Å². The van der Waals surface area contributed by atoms with E-state index in [1.54, 1.807) is 0 Å². The number of sulfonamides is 1. The van der Waals surface area contributed by atoms with E-state index in [-0.39, 0.29) is 25.0 Å². The molecule has 0 bridgehead atoms. The highest BCUT2D eigenvalue weighted by Crippen LogP contribution is 2.14. The largest absolute Gasteiger partial charge is 0.352 e. The number of carbonyl (C=O) groups excluding carboxylic acids is 1. The van der Waals surface area contributed by atoms with Crippen LogP contribution in [0.5, 0.6) is 0 Å². The van der Waals surface area contributed by atoms with Crippen LogP contribution in [0, 0.1) is 0 Å². The Morgan fingerprint density at radius 3 is 2.30 bits per heavy atom. The number of carbonyl (C=O) groups is 1. The summed E-state index contributed by atoms with van der Waals surface area (Å²) in [6.07, 6.45) is 2.77. The summed E-state index contributed by atoms with van der Waals surface area (Å²) in [5.74, 6) is -0.293. The van der Waals surface area contributed by atoms with Crippen LogP contribution in [0.15, 0.2) is 59.1 Å². The number of aryl methyl sites for hydroxylation is 1. The van der Waals surface area contributed by atoms with Gasteiger partial charge in [0.1, 0.15) is 0 Å². The Morgan fingerprint density at radius 1 is 1.07 bits per heavy atom. The molecule has 5 nitrogen and oxygen atoms in total. The first-order chi connectivity index (χ1) is 12.7. The lowest BCUT2D eigenvalue weighted by Crippen LogP contribution is -2.42. The van der Waals surface area contributed by atoms with Gasteiger partial charge in [0.15, 0.2) is 0 Å². The van der Waals surface area contributed by atoms with Crippen molar-refractivity contribution >= 4 is 31.9 Å². The summed E-state index contributed by atoms with van der Waals surface area (Å²) in [5.41, 5.74) is 2.04. The number of hydrogen-bond donors (Lipinski definition) is 1. The molecule has 0 fully saturated rings. The Balaban J connectivity index is 1.90. The minimum absolute atomic E-state index is 0.0354. The summed E-state index contributed by atoms with van der Waals surface area (Å²) in [5, 5.41) is 2.90. The van der Waals surface area contributed by atoms with Gasteiger partial charge in [0, 0.05) is 17.1 Å². The predicted molar refractivity (Wildman–Crippen MR) is 112 cm³/mol. The number of benzene rings is 2. The maximum atomic E-state index is 12.3. The van der Waals surface area contributed by atoms with Crippen LogP contribution >= 0.6 is 15.9 Å². The van der Waals surface area contributed by atoms with Crippen molar-refractivity contribution in [3.63, 3.8) is 0 Å². The molecule has 7 heteroatoms. The second-order valence-electron chi connectivity index (χ2n) is 6.65. The van der Waals surface area contributed by atoms with E-state index in [1.165, 1.54) is 9.87 Å². The highest BCUT2D eigenvalue weighted by atomic mass is 79.9. The van der Waals surface area contributed by atoms with E-state index in [2.05, 4.69) is 33.4 Å². The molecule has 0 spiro atoms. The highest BCUT2D eigenvalue weighted by Gasteiger charge is 2.21. The van der Waals surface area contributed by atoms with Crippen molar-refractivity contribution in [1.82, 2.24) is 9.62 Å². The summed E-state index contributed by atoms with van der Waals surface area (Å²) in [4.78, 5) is 12.3. The molecule has 27 heavy (non-hydrogen) atoms. The van der Waals surface area contributed by atoms with Crippen LogP contribution in [-0.4, -0.2) is 37.5 Å². The first-order valence-corrected chi connectivity index (χ1v) is 11.4. The monoisotopic (exact) mass is 452 g/mol. The molecule has 1 atom stereocenters. The summed E-state index contributed by atoms with van der Waals surface area (Å²) in [6, 6.07) is 17.4. The zero-order chi connectivity index (χ0) is 19.9. The van der Waals surface area contributed by atoms with Crippen LogP contribution in [0.1, 0.15) is 24.5 Å². The van der Waals surface area contributed by atoms with E-state index in [4.69, 9.17) is 0 Å². The fourth-order valence-electron chi connectivity index (χ4n) is 2.66. The lowest BCUT2D eigenvalue weighted by atomic mass is 10.1. The Bertz CT molecular complexity index is 839. The molecular weight excluding hydrogens is 428 g/mol. The molecule has 0 aliphatic rings. The molecule has 2 aromatic carbocycles. The molecular formula is C20H25BrN2O3S. The van der Waals surface area contributed by atoms with Gasteiger partial charge >= 0.3 is 0 Å². The molecule has 1 amide bonds. The van der Waals surface area contributed by atoms with Gasteiger partial charge in [0.25, 0.3) is 0 Å². The third-order valence-electron chi connectivity index (χ3n) is 4.18. The fraction of sp³-hybridized carbons (Fsp3) is 0.350. The van der Waals surface area contributed by atoms with E-state index in [9.17, 15) is 13.2 Å². The van der Waals surface area contributed by atoms with Crippen LogP contribution in [-0.2, 0) is 27.8 Å². The van der Waals surface area contributed by atoms with Crippen molar-refractivity contribution < 1.29 is 13.2 Å². The van der Waals surface area contributed by atoms with E-state index in [1.807, 2.05) is 49.4 Å². The van der Waals surface area contributed by atoms with Crippen LogP contribution in [0.25, 0.3) is 0 Å². The number of amides is 1. The van der Waals surface area contributed by atoms with Gasteiger partial charge < -0.3 is 5.32 Å². The molecule has 1 N–H and O–H groups in total. The molecule has 0 unspecified atom stereocenters. The number of nitrogens with zero attached hydrogens (tertiary/aromatic N) is 1. The standard InChI is InChI=1S/C20H25BrN2O3S/c1-16(8-9-17-6-4-3-5-7-17)22-20(24)15-23(27(2,25)26)14-18-10-12-19(21)13-11-18/h3-7,10-13,16H,8-9,14-15H2,1-2H3,(H,22,24)/t16-/m1/s1. The summed E-state index contributed by atoms with van der Waals surface area (Å²) < 4.78 is 26.3. The average Bonchev–Trinajstić information content (AvgIpc) is 2.61. The van der Waals surface area contributed by atoms with Gasteiger partial charge in [0.2, 0.25) is 15.9 Å². The molecule has 0 aromatic heterocycles. The smallest absolute Gasteiger partial charge is 0.235 e. The van der Waals surface area contributed by atoms with E-state index < -0.39 is 10.0 Å². The first-order valence-electron chi connectivity index (χ1n) is 8.77. The molecule has 2 aromatic rings. The first kappa shape index (κ1) is 21.6. The van der Waals surface area contributed by atoms with Crippen molar-refractivity contribution in [3.8, 4) is 0 Å². The summed E-state index contributed by atoms with van der Waals surface area (Å²) in [7, 11) is -3.50. The number of halogens is 1. The Labute approximate surface area is 170 Å². The molecule has 146 valence electrons. The quantitative estimate of drug-likeness (QED) is 0.634. The number of hydrogen-bond acceptors (Lipinski definition) is 3. The van der Waals surface area contributed by atoms with Crippen molar-refractivity contribution in [2.24, 2.45) is 0 Å². The van der Waals surface area contributed by atoms with Crippen LogP contribution in [0.3, 0.4) is 0 Å². The van der Waals surface area contributed by atoms with Gasteiger partial charge in [-0.2, -0.15) is 4.31 Å². The zero-order valence-corrected chi connectivity index (χ0v) is 18.0. The number of rotatable bonds is 9. The van der Waals surface area contributed by atoms with Gasteiger partial charge in [-0.25, -0.2) is 8.42 Å². The van der Waals surface area contributed by atoms with Gasteiger partial charge in [0.05, 0.1) is 12.8 Å². The van der Waals surface area contributed by atoms with Crippen LogP contribution < -0.4 is 5.32 Å². The van der Waals surface area contributed by atoms with E-state index in [0.717, 1.165) is 29.1 Å². The molecule has 0 heterocycles. The van der Waals surface area contributed by atoms with Crippen molar-refractivity contribution in [3.05, 3.63) is 70.2 Å².